The molecule has 1 aliphatic carbocycles. The summed E-state index contributed by atoms with van der Waals surface area (Å²) in [5.74, 6) is -1.06. The lowest BCUT2D eigenvalue weighted by atomic mass is 9.96. The molecular weight excluding hydrogens is 214 g/mol. The van der Waals surface area contributed by atoms with Crippen LogP contribution in [0.15, 0.2) is 5.16 Å². The molecule has 2 aliphatic heterocycles. The zero-order valence-corrected chi connectivity index (χ0v) is 9.21. The Morgan fingerprint density at radius 2 is 2.25 bits per heavy atom. The molecule has 0 aromatic heterocycles. The first-order valence-electron chi connectivity index (χ1n) is 5.37. The molecule has 3 rings (SSSR count). The molecule has 16 heavy (non-hydrogen) atoms. The van der Waals surface area contributed by atoms with Crippen molar-refractivity contribution in [3.8, 4) is 0 Å². The van der Waals surface area contributed by atoms with Gasteiger partial charge >= 0.3 is 0 Å². The predicted molar refractivity (Wildman–Crippen MR) is 52.7 cm³/mol. The summed E-state index contributed by atoms with van der Waals surface area (Å²) in [5.41, 5.74) is -0.441. The molecule has 2 N–H and O–H groups in total. The maximum atomic E-state index is 10.2. The zero-order valence-electron chi connectivity index (χ0n) is 9.21. The number of aliphatic hydroxyl groups excluding tert-OH is 2. The number of nitrogens with zero attached hydrogens (tertiary/aromatic N) is 1. The first kappa shape index (κ1) is 10.5. The van der Waals surface area contributed by atoms with Gasteiger partial charge in [-0.2, -0.15) is 0 Å². The van der Waals surface area contributed by atoms with E-state index in [1.165, 1.54) is 0 Å². The Morgan fingerprint density at radius 1 is 1.50 bits per heavy atom. The Morgan fingerprint density at radius 3 is 2.94 bits per heavy atom. The van der Waals surface area contributed by atoms with Crippen LogP contribution >= 0.6 is 0 Å². The van der Waals surface area contributed by atoms with Gasteiger partial charge in [-0.3, -0.25) is 0 Å². The average molecular weight is 229 g/mol. The van der Waals surface area contributed by atoms with Crippen LogP contribution in [0.5, 0.6) is 0 Å². The third kappa shape index (κ3) is 1.08. The molecule has 6 nitrogen and oxygen atoms in total. The SMILES string of the molecule is CC1(C)O[C@H]2C3=NOC[C@H]3[C@H](O)[C@]2(CO)O1. The molecule has 3 aliphatic rings. The molecule has 2 fully saturated rings. The maximum absolute atomic E-state index is 10.2. The third-order valence-electron chi connectivity index (χ3n) is 3.48. The van der Waals surface area contributed by atoms with Crippen LogP contribution in [0, 0.1) is 5.92 Å². The van der Waals surface area contributed by atoms with Gasteiger partial charge in [-0.1, -0.05) is 5.16 Å². The van der Waals surface area contributed by atoms with E-state index in [4.69, 9.17) is 14.3 Å². The fourth-order valence-electron chi connectivity index (χ4n) is 2.83. The maximum Gasteiger partial charge on any atom is 0.164 e. The van der Waals surface area contributed by atoms with E-state index in [9.17, 15) is 10.2 Å². The summed E-state index contributed by atoms with van der Waals surface area (Å²) in [6, 6.07) is 0. The van der Waals surface area contributed by atoms with Gasteiger partial charge < -0.3 is 24.5 Å². The van der Waals surface area contributed by atoms with Crippen LogP contribution in [-0.4, -0.2) is 52.7 Å². The van der Waals surface area contributed by atoms with E-state index in [0.29, 0.717) is 12.3 Å². The third-order valence-corrected chi connectivity index (χ3v) is 3.48. The van der Waals surface area contributed by atoms with E-state index in [-0.39, 0.29) is 12.5 Å². The predicted octanol–water partition coefficient (Wildman–Crippen LogP) is -0.754. The van der Waals surface area contributed by atoms with Gasteiger partial charge in [-0.05, 0) is 13.8 Å². The Hall–Kier alpha value is -0.690. The summed E-state index contributed by atoms with van der Waals surface area (Å²) in [6.07, 6.45) is -1.36. The van der Waals surface area contributed by atoms with Crippen LogP contribution in [-0.2, 0) is 14.3 Å². The quantitative estimate of drug-likeness (QED) is 0.618. The molecule has 1 saturated carbocycles. The molecule has 6 heteroatoms. The van der Waals surface area contributed by atoms with Crippen molar-refractivity contribution in [3.05, 3.63) is 0 Å². The Labute approximate surface area is 92.8 Å². The summed E-state index contributed by atoms with van der Waals surface area (Å²) in [4.78, 5) is 4.96. The van der Waals surface area contributed by atoms with E-state index >= 15 is 0 Å². The van der Waals surface area contributed by atoms with E-state index < -0.39 is 23.6 Å². The second-order valence-electron chi connectivity index (χ2n) is 4.98. The monoisotopic (exact) mass is 229 g/mol. The summed E-state index contributed by atoms with van der Waals surface area (Å²) >= 11 is 0. The molecule has 0 aromatic rings. The second kappa shape index (κ2) is 2.95. The molecule has 90 valence electrons. The first-order chi connectivity index (χ1) is 7.50. The number of oxime groups is 1. The van der Waals surface area contributed by atoms with Crippen molar-refractivity contribution < 1.29 is 24.5 Å². The number of fused-ring (bicyclic) bond motifs is 3. The summed E-state index contributed by atoms with van der Waals surface area (Å²) in [6.45, 7) is 3.53. The van der Waals surface area contributed by atoms with Crippen LogP contribution in [0.2, 0.25) is 0 Å². The van der Waals surface area contributed by atoms with E-state index in [0.717, 1.165) is 0 Å². The minimum Gasteiger partial charge on any atom is -0.395 e. The first-order valence-corrected chi connectivity index (χ1v) is 5.37. The lowest BCUT2D eigenvalue weighted by Gasteiger charge is -2.30. The van der Waals surface area contributed by atoms with Gasteiger partial charge in [-0.25, -0.2) is 0 Å². The molecule has 0 aromatic carbocycles. The zero-order chi connectivity index (χ0) is 11.6. The van der Waals surface area contributed by atoms with Crippen LogP contribution in [0.25, 0.3) is 0 Å². The van der Waals surface area contributed by atoms with Crippen LogP contribution < -0.4 is 0 Å². The van der Waals surface area contributed by atoms with Gasteiger partial charge in [0.2, 0.25) is 0 Å². The number of aliphatic hydroxyl groups is 2. The van der Waals surface area contributed by atoms with E-state index in [1.807, 2.05) is 0 Å². The molecule has 4 atom stereocenters. The minimum atomic E-state index is -1.09. The van der Waals surface area contributed by atoms with Gasteiger partial charge in [0.25, 0.3) is 0 Å². The van der Waals surface area contributed by atoms with Gasteiger partial charge in [0.15, 0.2) is 11.4 Å². The highest BCUT2D eigenvalue weighted by Crippen LogP contribution is 2.48. The van der Waals surface area contributed by atoms with Crippen molar-refractivity contribution >= 4 is 5.71 Å². The van der Waals surface area contributed by atoms with Crippen molar-refractivity contribution in [2.45, 2.75) is 37.4 Å². The molecule has 0 spiro atoms. The van der Waals surface area contributed by atoms with Gasteiger partial charge in [0, 0.05) is 0 Å². The highest BCUT2D eigenvalue weighted by molar-refractivity contribution is 5.96. The average Bonchev–Trinajstić information content (AvgIpc) is 2.82. The molecule has 0 bridgehead atoms. The van der Waals surface area contributed by atoms with E-state index in [2.05, 4.69) is 5.16 Å². The van der Waals surface area contributed by atoms with Crippen LogP contribution in [0.4, 0.5) is 0 Å². The summed E-state index contributed by atoms with van der Waals surface area (Å²) < 4.78 is 11.4. The van der Waals surface area contributed by atoms with Crippen molar-refractivity contribution in [2.24, 2.45) is 11.1 Å². The fraction of sp³-hybridized carbons (Fsp3) is 0.900. The van der Waals surface area contributed by atoms with Gasteiger partial charge in [-0.15, -0.1) is 0 Å². The number of rotatable bonds is 1. The molecular formula is C10H15NO5. The Kier molecular flexibility index (Phi) is 1.93. The van der Waals surface area contributed by atoms with Crippen LogP contribution in [0.1, 0.15) is 13.8 Å². The lowest BCUT2D eigenvalue weighted by Crippen LogP contribution is -2.50. The van der Waals surface area contributed by atoms with Gasteiger partial charge in [0.1, 0.15) is 12.7 Å². The van der Waals surface area contributed by atoms with Crippen LogP contribution in [0.3, 0.4) is 0 Å². The molecule has 1 saturated heterocycles. The number of ether oxygens (including phenoxy) is 2. The van der Waals surface area contributed by atoms with Crippen molar-refractivity contribution in [3.63, 3.8) is 0 Å². The van der Waals surface area contributed by atoms with E-state index in [1.54, 1.807) is 13.8 Å². The number of hydrogen-bond acceptors (Lipinski definition) is 6. The summed E-state index contributed by atoms with van der Waals surface area (Å²) in [7, 11) is 0. The summed E-state index contributed by atoms with van der Waals surface area (Å²) in [5, 5.41) is 23.6. The largest absolute Gasteiger partial charge is 0.395 e. The van der Waals surface area contributed by atoms with Crippen molar-refractivity contribution in [2.75, 3.05) is 13.2 Å². The van der Waals surface area contributed by atoms with Crippen molar-refractivity contribution in [1.29, 1.82) is 0 Å². The topological polar surface area (TPSA) is 80.5 Å². The van der Waals surface area contributed by atoms with Crippen molar-refractivity contribution in [1.82, 2.24) is 0 Å². The molecule has 0 amide bonds. The minimum absolute atomic E-state index is 0.228. The van der Waals surface area contributed by atoms with Gasteiger partial charge in [0.05, 0.1) is 24.3 Å². The highest BCUT2D eigenvalue weighted by atomic mass is 16.8. The second-order valence-corrected chi connectivity index (χ2v) is 4.98. The smallest absolute Gasteiger partial charge is 0.164 e. The lowest BCUT2D eigenvalue weighted by molar-refractivity contribution is -0.199. The Balaban J connectivity index is 2.04. The normalized spacial score (nSPS) is 48.5. The molecule has 0 radical (unpaired) electrons. The molecule has 2 heterocycles. The standard InChI is InChI=1S/C10H15NO5/c1-9(2)15-8-6-5(3-14-11-6)7(13)10(8,4-12)16-9/h5,7-8,12-13H,3-4H2,1-2H3/t5-,7+,8+,10+/m1/s1. The fourth-order valence-corrected chi connectivity index (χ4v) is 2.83. The number of hydrogen-bond donors (Lipinski definition) is 2. The Bertz CT molecular complexity index is 355. The highest BCUT2D eigenvalue weighted by Gasteiger charge is 2.68. The molecule has 0 unspecified atom stereocenters.